The van der Waals surface area contributed by atoms with Crippen molar-refractivity contribution >= 4 is 52.6 Å². The van der Waals surface area contributed by atoms with Gasteiger partial charge in [-0.3, -0.25) is 24.0 Å². The van der Waals surface area contributed by atoms with E-state index in [1.807, 2.05) is 20.8 Å². The number of unbranched alkanes of at least 4 members (excludes halogenated alkanes) is 2. The number of carbonyl (C=O) groups is 7. The summed E-state index contributed by atoms with van der Waals surface area (Å²) in [6.07, 6.45) is 2.98. The van der Waals surface area contributed by atoms with Gasteiger partial charge in [0, 0.05) is 29.4 Å². The lowest BCUT2D eigenvalue weighted by Gasteiger charge is -2.35. The minimum absolute atomic E-state index is 0.0760. The highest BCUT2D eigenvalue weighted by atomic mass is 16.6. The first-order valence-electron chi connectivity index (χ1n) is 23.4. The molecule has 2 N–H and O–H groups in total. The molecule has 5 rings (SSSR count). The van der Waals surface area contributed by atoms with Crippen molar-refractivity contribution in [2.75, 3.05) is 0 Å². The van der Waals surface area contributed by atoms with E-state index in [4.69, 9.17) is 28.7 Å². The Morgan fingerprint density at radius 1 is 0.776 bits per heavy atom. The van der Waals surface area contributed by atoms with Crippen LogP contribution in [0.15, 0.2) is 29.1 Å². The quantitative estimate of drug-likeness (QED) is 0.0535. The molecule has 0 aliphatic carbocycles. The summed E-state index contributed by atoms with van der Waals surface area (Å²) in [4.78, 5) is 111. The molecule has 4 heterocycles. The third-order valence-corrected chi connectivity index (χ3v) is 11.5. The number of rotatable bonds is 20. The fraction of sp³-hybridized carbons (Fsp3) is 0.580. The number of fused-ring (bicyclic) bond motifs is 5. The van der Waals surface area contributed by atoms with Crippen LogP contribution in [-0.2, 0) is 77.7 Å². The average Bonchev–Trinajstić information content (AvgIpc) is 3.62. The highest BCUT2D eigenvalue weighted by Gasteiger charge is 2.50. The predicted octanol–water partition coefficient (Wildman–Crippen LogP) is 6.69. The zero-order chi connectivity index (χ0) is 49.4. The van der Waals surface area contributed by atoms with Crippen molar-refractivity contribution in [1.29, 1.82) is 0 Å². The first kappa shape index (κ1) is 51.8. The first-order valence-corrected chi connectivity index (χ1v) is 23.4. The molecule has 17 heteroatoms. The van der Waals surface area contributed by atoms with E-state index >= 15 is 0 Å². The summed E-state index contributed by atoms with van der Waals surface area (Å²) in [6, 6.07) is 4.87. The molecule has 1 aromatic carbocycles. The number of carbonyl (C=O) groups excluding carboxylic acids is 7. The molecule has 2 aromatic heterocycles. The van der Waals surface area contributed by atoms with Gasteiger partial charge in [-0.05, 0) is 97.1 Å². The number of cyclic esters (lactones) is 1. The largest absolute Gasteiger partial charge is 0.458 e. The molecule has 0 saturated heterocycles. The first-order chi connectivity index (χ1) is 31.5. The zero-order valence-electron chi connectivity index (χ0n) is 40.6. The smallest absolute Gasteiger partial charge is 0.355 e. The molecule has 2 aliphatic rings. The predicted molar refractivity (Wildman–Crippen MR) is 246 cm³/mol. The molecule has 2 amide bonds. The molecule has 3 atom stereocenters. The van der Waals surface area contributed by atoms with E-state index in [2.05, 4.69) is 10.6 Å². The van der Waals surface area contributed by atoms with Gasteiger partial charge < -0.3 is 38.9 Å². The molecular formula is C50H66N4O13. The highest BCUT2D eigenvalue weighted by Crippen LogP contribution is 2.42. The summed E-state index contributed by atoms with van der Waals surface area (Å²) < 4.78 is 29.6. The molecule has 0 bridgehead atoms. The van der Waals surface area contributed by atoms with Crippen LogP contribution < -0.4 is 20.9 Å². The second-order valence-corrected chi connectivity index (χ2v) is 19.1. The van der Waals surface area contributed by atoms with E-state index in [1.54, 1.807) is 77.3 Å². The van der Waals surface area contributed by atoms with Gasteiger partial charge in [0.1, 0.15) is 35.6 Å². The van der Waals surface area contributed by atoms with Crippen LogP contribution in [-0.4, -0.2) is 74.5 Å². The van der Waals surface area contributed by atoms with Crippen molar-refractivity contribution < 1.29 is 57.2 Å². The molecule has 0 saturated carbocycles. The Kier molecular flexibility index (Phi) is 16.8. The highest BCUT2D eigenvalue weighted by molar-refractivity contribution is 5.92. The van der Waals surface area contributed by atoms with Gasteiger partial charge >= 0.3 is 29.8 Å². The van der Waals surface area contributed by atoms with Gasteiger partial charge in [-0.25, -0.2) is 19.4 Å². The van der Waals surface area contributed by atoms with E-state index < -0.39 is 82.5 Å². The number of pyridine rings is 2. The van der Waals surface area contributed by atoms with E-state index in [0.717, 1.165) is 24.0 Å². The maximum Gasteiger partial charge on any atom is 0.355 e. The normalized spacial score (nSPS) is 16.1. The number of hydrogen-bond acceptors (Lipinski definition) is 14. The van der Waals surface area contributed by atoms with Crippen LogP contribution in [0.3, 0.4) is 0 Å². The van der Waals surface area contributed by atoms with Crippen molar-refractivity contribution in [2.45, 2.75) is 188 Å². The van der Waals surface area contributed by atoms with Crippen molar-refractivity contribution in [3.05, 3.63) is 56.9 Å². The Labute approximate surface area is 391 Å². The summed E-state index contributed by atoms with van der Waals surface area (Å²) in [6.45, 7) is 17.8. The van der Waals surface area contributed by atoms with Gasteiger partial charge in [-0.2, -0.15) is 0 Å². The fourth-order valence-electron chi connectivity index (χ4n) is 8.22. The van der Waals surface area contributed by atoms with E-state index in [9.17, 15) is 38.4 Å². The molecule has 0 spiro atoms. The number of ether oxygens (including phenoxy) is 5. The van der Waals surface area contributed by atoms with Gasteiger partial charge in [-0.1, -0.05) is 53.4 Å². The second-order valence-electron chi connectivity index (χ2n) is 19.1. The topological polar surface area (TPSA) is 225 Å². The number of hydrogen-bond donors (Lipinski definition) is 2. The molecular weight excluding hydrogens is 865 g/mol. The van der Waals surface area contributed by atoms with E-state index in [-0.39, 0.29) is 55.7 Å². The molecule has 2 aliphatic heterocycles. The third-order valence-electron chi connectivity index (χ3n) is 11.5. The Bertz CT molecular complexity index is 2460. The number of aryl methyl sites for hydroxylation is 1. The van der Waals surface area contributed by atoms with Gasteiger partial charge in [0.15, 0.2) is 0 Å². The maximum absolute atomic E-state index is 14.3. The van der Waals surface area contributed by atoms with Crippen molar-refractivity contribution in [3.8, 4) is 17.1 Å². The number of aromatic nitrogens is 2. The number of nitrogens with zero attached hydrogens (tertiary/aromatic N) is 2. The molecule has 17 nitrogen and oxygen atoms in total. The minimum Gasteiger partial charge on any atom is -0.458 e. The van der Waals surface area contributed by atoms with Crippen LogP contribution in [0.5, 0.6) is 5.75 Å². The standard InChI is InChI=1S/C50H66N4O13/c1-11-15-17-36(45(60)66-48(5,6)7)51-39(55)21-23-41(57)64-29-19-20-35-31(25-29)30(13-3)32-27-54-38(43(32)53-35)26-34-33(44(54)59)28-63-47(62)50(34,14-4)65-42(58)24-22-40(56)52-37(18-16-12-2)46(61)67-49(8,9)10/h19-20,25-26,36-37H,11-18,21-24,27-28H2,1-10H3,(H,51,55)(H,52,56)/t36?,37?,50-/m0/s1. The van der Waals surface area contributed by atoms with Crippen LogP contribution in [0.25, 0.3) is 22.3 Å². The Morgan fingerprint density at radius 3 is 1.87 bits per heavy atom. The Hall–Kier alpha value is -6.13. The van der Waals surface area contributed by atoms with Crippen LogP contribution in [0, 0.1) is 0 Å². The van der Waals surface area contributed by atoms with Gasteiger partial charge in [-0.15, -0.1) is 0 Å². The number of benzene rings is 1. The molecule has 364 valence electrons. The summed E-state index contributed by atoms with van der Waals surface area (Å²) in [5.74, 6) is -4.31. The van der Waals surface area contributed by atoms with E-state index in [1.165, 1.54) is 0 Å². The average molecular weight is 931 g/mol. The SMILES string of the molecule is CCCCC(NC(=O)CCC(=O)Oc1ccc2nc3c(c(CC)c2c1)Cn1c-3cc2c(c1=O)COC(=O)[C@@]2(CC)OC(=O)CCC(=O)NC(CCCC)C(=O)OC(C)(C)C)C(=O)OC(C)(C)C. The van der Waals surface area contributed by atoms with Gasteiger partial charge in [0.2, 0.25) is 17.4 Å². The zero-order valence-corrected chi connectivity index (χ0v) is 40.6. The lowest BCUT2D eigenvalue weighted by molar-refractivity contribution is -0.189. The summed E-state index contributed by atoms with van der Waals surface area (Å²) in [5, 5.41) is 6.07. The number of nitrogens with one attached hydrogen (secondary N) is 2. The second kappa shape index (κ2) is 21.7. The summed E-state index contributed by atoms with van der Waals surface area (Å²) >= 11 is 0. The van der Waals surface area contributed by atoms with Crippen molar-refractivity contribution in [2.24, 2.45) is 0 Å². The molecule has 67 heavy (non-hydrogen) atoms. The van der Waals surface area contributed by atoms with Crippen molar-refractivity contribution in [3.63, 3.8) is 0 Å². The Balaban J connectivity index is 1.33. The third kappa shape index (κ3) is 12.7. The number of amides is 2. The van der Waals surface area contributed by atoms with Gasteiger partial charge in [0.25, 0.3) is 5.56 Å². The molecule has 3 aromatic rings. The van der Waals surface area contributed by atoms with Crippen LogP contribution in [0.4, 0.5) is 0 Å². The molecule has 2 unspecified atom stereocenters. The molecule has 0 fully saturated rings. The van der Waals surface area contributed by atoms with E-state index in [0.29, 0.717) is 54.4 Å². The Morgan fingerprint density at radius 2 is 1.34 bits per heavy atom. The number of esters is 5. The lowest BCUT2D eigenvalue weighted by atomic mass is 9.85. The van der Waals surface area contributed by atoms with Crippen LogP contribution in [0.2, 0.25) is 0 Å². The van der Waals surface area contributed by atoms with Crippen LogP contribution >= 0.6 is 0 Å². The maximum atomic E-state index is 14.3. The summed E-state index contributed by atoms with van der Waals surface area (Å²) in [5.41, 5.74) is -0.546. The van der Waals surface area contributed by atoms with Gasteiger partial charge in [0.05, 0.1) is 41.9 Å². The minimum atomic E-state index is -1.99. The van der Waals surface area contributed by atoms with Crippen LogP contribution in [0.1, 0.15) is 162 Å². The fourth-order valence-corrected chi connectivity index (χ4v) is 8.22. The lowest BCUT2D eigenvalue weighted by Crippen LogP contribution is -2.47. The summed E-state index contributed by atoms with van der Waals surface area (Å²) in [7, 11) is 0. The van der Waals surface area contributed by atoms with Crippen molar-refractivity contribution in [1.82, 2.24) is 20.2 Å². The monoisotopic (exact) mass is 930 g/mol. The molecule has 0 radical (unpaired) electrons.